The molecule has 2 heterocycles. The van der Waals surface area contributed by atoms with Crippen molar-refractivity contribution < 1.29 is 4.74 Å². The van der Waals surface area contributed by atoms with Gasteiger partial charge in [0.25, 0.3) is 5.56 Å². The fraction of sp³-hybridized carbons (Fsp3) is 0.320. The van der Waals surface area contributed by atoms with Crippen molar-refractivity contribution in [1.29, 1.82) is 0 Å². The van der Waals surface area contributed by atoms with Gasteiger partial charge >= 0.3 is 0 Å². The molecule has 0 atom stereocenters. The van der Waals surface area contributed by atoms with Crippen LogP contribution < -0.4 is 15.7 Å². The molecule has 2 aromatic carbocycles. The maximum Gasteiger partial charge on any atom is 0.257 e. The summed E-state index contributed by atoms with van der Waals surface area (Å²) in [6.07, 6.45) is 2.42. The van der Waals surface area contributed by atoms with Crippen molar-refractivity contribution in [3.05, 3.63) is 87.3 Å². The van der Waals surface area contributed by atoms with Crippen LogP contribution in [0.15, 0.2) is 64.5 Å². The van der Waals surface area contributed by atoms with Crippen LogP contribution in [0.5, 0.6) is 5.75 Å². The molecule has 0 saturated heterocycles. The number of hydrogen-bond acceptors (Lipinski definition) is 6. The van der Waals surface area contributed by atoms with Crippen molar-refractivity contribution in [2.75, 3.05) is 18.6 Å². The molecule has 0 amide bonds. The summed E-state index contributed by atoms with van der Waals surface area (Å²) >= 11 is 0. The van der Waals surface area contributed by atoms with E-state index in [2.05, 4.69) is 51.4 Å². The lowest BCUT2D eigenvalue weighted by molar-refractivity contribution is 0.242. The molecule has 2 N–H and O–H groups in total. The molecule has 0 saturated carbocycles. The second-order valence-corrected chi connectivity index (χ2v) is 8.43. The lowest BCUT2D eigenvalue weighted by Crippen LogP contribution is -2.35. The van der Waals surface area contributed by atoms with Crippen LogP contribution in [0.2, 0.25) is 0 Å². The van der Waals surface area contributed by atoms with E-state index in [1.807, 2.05) is 42.5 Å². The van der Waals surface area contributed by atoms with Crippen molar-refractivity contribution in [2.45, 2.75) is 33.4 Å². The Bertz CT molecular complexity index is 1120. The lowest BCUT2D eigenvalue weighted by atomic mass is 10.1. The number of aromatic amines is 1. The Morgan fingerprint density at radius 1 is 1.22 bits per heavy atom. The number of rotatable bonds is 8. The Morgan fingerprint density at radius 2 is 2.06 bits per heavy atom. The molecule has 166 valence electrons. The van der Waals surface area contributed by atoms with Crippen molar-refractivity contribution in [3.8, 4) is 5.75 Å². The molecule has 4 rings (SSSR count). The molecule has 0 bridgehead atoms. The molecule has 0 fully saturated rings. The summed E-state index contributed by atoms with van der Waals surface area (Å²) in [7, 11) is 0. The van der Waals surface area contributed by atoms with Gasteiger partial charge in [-0.1, -0.05) is 56.3 Å². The first-order valence-electron chi connectivity index (χ1n) is 11.0. The van der Waals surface area contributed by atoms with Gasteiger partial charge in [0, 0.05) is 26.1 Å². The van der Waals surface area contributed by atoms with Crippen LogP contribution >= 0.6 is 0 Å². The van der Waals surface area contributed by atoms with E-state index < -0.39 is 0 Å². The van der Waals surface area contributed by atoms with Crippen LogP contribution in [-0.4, -0.2) is 34.2 Å². The first kappa shape index (κ1) is 21.8. The van der Waals surface area contributed by atoms with E-state index in [4.69, 9.17) is 4.74 Å². The van der Waals surface area contributed by atoms with E-state index in [0.29, 0.717) is 25.0 Å². The minimum Gasteiger partial charge on any atom is -0.493 e. The van der Waals surface area contributed by atoms with Gasteiger partial charge in [-0.3, -0.25) is 14.7 Å². The van der Waals surface area contributed by atoms with E-state index in [9.17, 15) is 4.79 Å². The smallest absolute Gasteiger partial charge is 0.257 e. The van der Waals surface area contributed by atoms with Crippen LogP contribution in [0, 0.1) is 5.92 Å². The minimum absolute atomic E-state index is 0.116. The zero-order chi connectivity index (χ0) is 22.3. The molecule has 32 heavy (non-hydrogen) atoms. The van der Waals surface area contributed by atoms with E-state index in [-0.39, 0.29) is 5.56 Å². The van der Waals surface area contributed by atoms with Gasteiger partial charge in [-0.15, -0.1) is 0 Å². The molecule has 7 nitrogen and oxygen atoms in total. The standard InChI is InChI=1S/C25H29N5O2/c1-18(2)17-32-21-10-6-9-20(13-21)14-26-29-25-27-23-11-12-30(16-22(23)24(31)28-25)15-19-7-4-3-5-8-19/h3-10,13-14,18H,11-12,15-17H2,1-2H3,(H2,27,28,29,31)/b26-14-. The van der Waals surface area contributed by atoms with Gasteiger partial charge < -0.3 is 4.74 Å². The van der Waals surface area contributed by atoms with Crippen molar-refractivity contribution in [2.24, 2.45) is 11.0 Å². The highest BCUT2D eigenvalue weighted by molar-refractivity contribution is 5.80. The quantitative estimate of drug-likeness (QED) is 0.419. The zero-order valence-corrected chi connectivity index (χ0v) is 18.5. The normalized spacial score (nSPS) is 14.0. The Kier molecular flexibility index (Phi) is 6.97. The van der Waals surface area contributed by atoms with Gasteiger partial charge in [-0.2, -0.15) is 5.10 Å². The number of ether oxygens (including phenoxy) is 1. The maximum absolute atomic E-state index is 12.7. The van der Waals surface area contributed by atoms with Crippen LogP contribution in [0.25, 0.3) is 0 Å². The molecule has 1 aliphatic heterocycles. The highest BCUT2D eigenvalue weighted by atomic mass is 16.5. The number of hydrogen-bond donors (Lipinski definition) is 2. The van der Waals surface area contributed by atoms with Crippen LogP contribution in [0.3, 0.4) is 0 Å². The number of fused-ring (bicyclic) bond motifs is 1. The van der Waals surface area contributed by atoms with E-state index in [0.717, 1.165) is 42.1 Å². The highest BCUT2D eigenvalue weighted by Gasteiger charge is 2.21. The fourth-order valence-electron chi connectivity index (χ4n) is 3.63. The molecule has 3 aromatic rings. The number of aromatic nitrogens is 2. The Morgan fingerprint density at radius 3 is 2.88 bits per heavy atom. The van der Waals surface area contributed by atoms with E-state index in [1.165, 1.54) is 5.56 Å². The molecule has 0 radical (unpaired) electrons. The topological polar surface area (TPSA) is 82.6 Å². The third-order valence-electron chi connectivity index (χ3n) is 5.22. The number of hydrazone groups is 1. The fourth-order valence-corrected chi connectivity index (χ4v) is 3.63. The summed E-state index contributed by atoms with van der Waals surface area (Å²) in [6, 6.07) is 18.0. The van der Waals surface area contributed by atoms with Gasteiger partial charge in [-0.25, -0.2) is 10.4 Å². The zero-order valence-electron chi connectivity index (χ0n) is 18.5. The summed E-state index contributed by atoms with van der Waals surface area (Å²) in [5.74, 6) is 1.63. The minimum atomic E-state index is -0.116. The van der Waals surface area contributed by atoms with Gasteiger partial charge in [0.1, 0.15) is 5.75 Å². The molecule has 0 spiro atoms. The summed E-state index contributed by atoms with van der Waals surface area (Å²) in [4.78, 5) is 22.3. The SMILES string of the molecule is CC(C)COc1cccc(/C=N\Nc2nc3c(c(=O)[nH]2)CN(Cc2ccccc2)CC3)c1. The monoisotopic (exact) mass is 431 g/mol. The average molecular weight is 432 g/mol. The molecular formula is C25H29N5O2. The van der Waals surface area contributed by atoms with Gasteiger partial charge in [-0.05, 0) is 29.2 Å². The third kappa shape index (κ3) is 5.82. The lowest BCUT2D eigenvalue weighted by Gasteiger charge is -2.27. The number of nitrogens with one attached hydrogen (secondary N) is 2. The molecule has 1 aromatic heterocycles. The van der Waals surface area contributed by atoms with Crippen molar-refractivity contribution in [3.63, 3.8) is 0 Å². The molecule has 0 unspecified atom stereocenters. The number of nitrogens with zero attached hydrogens (tertiary/aromatic N) is 3. The van der Waals surface area contributed by atoms with Gasteiger partial charge in [0.2, 0.25) is 5.95 Å². The summed E-state index contributed by atoms with van der Waals surface area (Å²) in [5, 5.41) is 4.24. The van der Waals surface area contributed by atoms with Crippen molar-refractivity contribution >= 4 is 12.2 Å². The Hall–Kier alpha value is -3.45. The van der Waals surface area contributed by atoms with E-state index in [1.54, 1.807) is 6.21 Å². The van der Waals surface area contributed by atoms with Crippen LogP contribution in [-0.2, 0) is 19.5 Å². The van der Waals surface area contributed by atoms with Crippen molar-refractivity contribution in [1.82, 2.24) is 14.9 Å². The van der Waals surface area contributed by atoms with Gasteiger partial charge in [0.05, 0.1) is 24.1 Å². The van der Waals surface area contributed by atoms with E-state index >= 15 is 0 Å². The Labute approximate surface area is 188 Å². The summed E-state index contributed by atoms with van der Waals surface area (Å²) in [6.45, 7) is 7.18. The maximum atomic E-state index is 12.7. The van der Waals surface area contributed by atoms with Gasteiger partial charge in [0.15, 0.2) is 0 Å². The predicted octanol–water partition coefficient (Wildman–Crippen LogP) is 3.81. The molecule has 7 heteroatoms. The largest absolute Gasteiger partial charge is 0.493 e. The third-order valence-corrected chi connectivity index (χ3v) is 5.22. The van der Waals surface area contributed by atoms with Crippen LogP contribution in [0.4, 0.5) is 5.95 Å². The summed E-state index contributed by atoms with van der Waals surface area (Å²) < 4.78 is 5.75. The van der Waals surface area contributed by atoms with Crippen LogP contribution in [0.1, 0.15) is 36.2 Å². The summed E-state index contributed by atoms with van der Waals surface area (Å²) in [5.41, 5.74) is 6.44. The molecule has 0 aliphatic carbocycles. The number of H-pyrrole nitrogens is 1. The number of anilines is 1. The Balaban J connectivity index is 1.39. The molecular weight excluding hydrogens is 402 g/mol. The molecule has 1 aliphatic rings. The number of benzene rings is 2. The average Bonchev–Trinajstić information content (AvgIpc) is 2.79. The second kappa shape index (κ2) is 10.2. The second-order valence-electron chi connectivity index (χ2n) is 8.43. The highest BCUT2D eigenvalue weighted by Crippen LogP contribution is 2.17. The first-order valence-corrected chi connectivity index (χ1v) is 11.0. The first-order chi connectivity index (χ1) is 15.6. The predicted molar refractivity (Wildman–Crippen MR) is 127 cm³/mol.